The Morgan fingerprint density at radius 1 is 1.15 bits per heavy atom. The van der Waals surface area contributed by atoms with E-state index in [1.165, 1.54) is 0 Å². The van der Waals surface area contributed by atoms with Crippen LogP contribution < -0.4 is 4.90 Å². The molecule has 1 saturated heterocycles. The number of nitrogens with zero attached hydrogens (tertiary/aromatic N) is 4. The van der Waals surface area contributed by atoms with Gasteiger partial charge < -0.3 is 9.80 Å². The Balaban J connectivity index is 1.65. The first-order valence-corrected chi connectivity index (χ1v) is 8.93. The summed E-state index contributed by atoms with van der Waals surface area (Å²) in [5, 5.41) is 1.05. The third-order valence-electron chi connectivity index (χ3n) is 4.94. The van der Waals surface area contributed by atoms with Crippen molar-refractivity contribution in [2.24, 2.45) is 0 Å². The molecule has 0 aliphatic carbocycles. The maximum absolute atomic E-state index is 13.1. The van der Waals surface area contributed by atoms with Gasteiger partial charge in [0, 0.05) is 32.2 Å². The van der Waals surface area contributed by atoms with Gasteiger partial charge in [0.1, 0.15) is 11.5 Å². The first kappa shape index (κ1) is 16.5. The smallest absolute Gasteiger partial charge is 0.272 e. The lowest BCUT2D eigenvalue weighted by Crippen LogP contribution is -2.31. The number of hydrogen-bond acceptors (Lipinski definition) is 4. The van der Waals surface area contributed by atoms with E-state index in [4.69, 9.17) is 0 Å². The minimum absolute atomic E-state index is 0.00136. The summed E-state index contributed by atoms with van der Waals surface area (Å²) in [7, 11) is 3.95. The molecule has 0 unspecified atom stereocenters. The van der Waals surface area contributed by atoms with E-state index in [0.29, 0.717) is 5.69 Å². The van der Waals surface area contributed by atoms with Crippen LogP contribution in [0.2, 0.25) is 0 Å². The molecule has 0 bridgehead atoms. The van der Waals surface area contributed by atoms with Crippen LogP contribution in [-0.2, 0) is 0 Å². The zero-order valence-electron chi connectivity index (χ0n) is 15.1. The number of likely N-dealkylation sites (tertiary alicyclic amines) is 1. The predicted octanol–water partition coefficient (Wildman–Crippen LogP) is 3.67. The molecule has 1 atom stereocenters. The van der Waals surface area contributed by atoms with Crippen molar-refractivity contribution in [2.75, 3.05) is 25.5 Å². The van der Waals surface area contributed by atoms with Gasteiger partial charge >= 0.3 is 0 Å². The van der Waals surface area contributed by atoms with Gasteiger partial charge in [0.05, 0.1) is 11.6 Å². The highest BCUT2D eigenvalue weighted by Gasteiger charge is 2.31. The molecule has 3 aromatic rings. The van der Waals surface area contributed by atoms with Gasteiger partial charge in [0.2, 0.25) is 0 Å². The number of carbonyl (C=O) groups excluding carboxylic acids is 1. The molecule has 1 fully saturated rings. The molecular formula is C21H22N4O. The van der Waals surface area contributed by atoms with Gasteiger partial charge in [-0.05, 0) is 42.7 Å². The number of para-hydroxylation sites is 1. The van der Waals surface area contributed by atoms with E-state index in [-0.39, 0.29) is 11.9 Å². The fourth-order valence-electron chi connectivity index (χ4n) is 3.57. The van der Waals surface area contributed by atoms with Crippen LogP contribution in [0.25, 0.3) is 10.9 Å². The van der Waals surface area contributed by atoms with Crippen molar-refractivity contribution in [3.05, 3.63) is 66.0 Å². The molecule has 5 heteroatoms. The highest BCUT2D eigenvalue weighted by Crippen LogP contribution is 2.34. The molecule has 0 radical (unpaired) electrons. The van der Waals surface area contributed by atoms with Gasteiger partial charge in [-0.3, -0.25) is 4.79 Å². The Bertz CT molecular complexity index is 953. The summed E-state index contributed by atoms with van der Waals surface area (Å²) >= 11 is 0. The minimum Gasteiger partial charge on any atom is -0.363 e. The number of carbonyl (C=O) groups is 1. The van der Waals surface area contributed by atoms with E-state index in [2.05, 4.69) is 16.0 Å². The third kappa shape index (κ3) is 3.01. The van der Waals surface area contributed by atoms with Gasteiger partial charge in [-0.25, -0.2) is 9.97 Å². The van der Waals surface area contributed by atoms with Crippen LogP contribution in [-0.4, -0.2) is 41.4 Å². The van der Waals surface area contributed by atoms with E-state index >= 15 is 0 Å². The fraction of sp³-hybridized carbons (Fsp3) is 0.286. The SMILES string of the molecule is CN(C)c1cc([C@H]2CCCN2C(=O)c2ccc3ccccc3n2)ccn1. The van der Waals surface area contributed by atoms with Gasteiger partial charge in [0.25, 0.3) is 5.91 Å². The molecule has 5 nitrogen and oxygen atoms in total. The number of fused-ring (bicyclic) bond motifs is 1. The summed E-state index contributed by atoms with van der Waals surface area (Å²) in [5.74, 6) is 0.909. The standard InChI is InChI=1S/C21H22N4O/c1-24(2)20-14-16(11-12-22-20)19-8-5-13-25(19)21(26)18-10-9-15-6-3-4-7-17(15)23-18/h3-4,6-7,9-12,14,19H,5,8,13H2,1-2H3/t19-/m1/s1. The summed E-state index contributed by atoms with van der Waals surface area (Å²) in [6.45, 7) is 0.762. The highest BCUT2D eigenvalue weighted by molar-refractivity contribution is 5.95. The Kier molecular flexibility index (Phi) is 4.29. The Morgan fingerprint density at radius 2 is 2.00 bits per heavy atom. The predicted molar refractivity (Wildman–Crippen MR) is 103 cm³/mol. The molecule has 0 spiro atoms. The summed E-state index contributed by atoms with van der Waals surface area (Å²) in [6, 6.07) is 15.8. The Morgan fingerprint density at radius 3 is 2.85 bits per heavy atom. The lowest BCUT2D eigenvalue weighted by molar-refractivity contribution is 0.0730. The van der Waals surface area contributed by atoms with E-state index in [1.807, 2.05) is 72.6 Å². The van der Waals surface area contributed by atoms with Crippen molar-refractivity contribution >= 4 is 22.6 Å². The maximum atomic E-state index is 13.1. The van der Waals surface area contributed by atoms with Gasteiger partial charge in [-0.1, -0.05) is 24.3 Å². The second kappa shape index (κ2) is 6.75. The van der Waals surface area contributed by atoms with E-state index < -0.39 is 0 Å². The third-order valence-corrected chi connectivity index (χ3v) is 4.94. The largest absolute Gasteiger partial charge is 0.363 e. The molecule has 1 aliphatic rings. The van der Waals surface area contributed by atoms with Crippen LogP contribution in [0.3, 0.4) is 0 Å². The number of rotatable bonds is 3. The molecule has 3 heterocycles. The summed E-state index contributed by atoms with van der Waals surface area (Å²) in [6.07, 6.45) is 3.79. The Labute approximate surface area is 153 Å². The second-order valence-electron chi connectivity index (χ2n) is 6.89. The minimum atomic E-state index is 0.00136. The molecule has 0 N–H and O–H groups in total. The van der Waals surface area contributed by atoms with E-state index in [1.54, 1.807) is 0 Å². The number of anilines is 1. The maximum Gasteiger partial charge on any atom is 0.272 e. The quantitative estimate of drug-likeness (QED) is 0.726. The second-order valence-corrected chi connectivity index (χ2v) is 6.89. The van der Waals surface area contributed by atoms with E-state index in [0.717, 1.165) is 41.7 Å². The van der Waals surface area contributed by atoms with Gasteiger partial charge in [-0.2, -0.15) is 0 Å². The first-order chi connectivity index (χ1) is 12.6. The average molecular weight is 346 g/mol. The van der Waals surface area contributed by atoms with Gasteiger partial charge in [0.15, 0.2) is 0 Å². The molecule has 4 rings (SSSR count). The van der Waals surface area contributed by atoms with Crippen LogP contribution in [0.5, 0.6) is 0 Å². The fourth-order valence-corrected chi connectivity index (χ4v) is 3.57. The summed E-state index contributed by atoms with van der Waals surface area (Å²) < 4.78 is 0. The number of pyridine rings is 2. The van der Waals surface area contributed by atoms with Crippen molar-refractivity contribution in [3.8, 4) is 0 Å². The number of benzene rings is 1. The van der Waals surface area contributed by atoms with Crippen molar-refractivity contribution in [2.45, 2.75) is 18.9 Å². The molecule has 1 aliphatic heterocycles. The average Bonchev–Trinajstić information content (AvgIpc) is 3.17. The zero-order valence-corrected chi connectivity index (χ0v) is 15.1. The number of hydrogen-bond donors (Lipinski definition) is 0. The zero-order chi connectivity index (χ0) is 18.1. The van der Waals surface area contributed by atoms with Crippen LogP contribution in [0.4, 0.5) is 5.82 Å². The molecule has 132 valence electrons. The molecular weight excluding hydrogens is 324 g/mol. The normalized spacial score (nSPS) is 16.8. The van der Waals surface area contributed by atoms with Crippen molar-refractivity contribution in [1.82, 2.24) is 14.9 Å². The van der Waals surface area contributed by atoms with E-state index in [9.17, 15) is 4.79 Å². The molecule has 1 amide bonds. The topological polar surface area (TPSA) is 49.3 Å². The molecule has 26 heavy (non-hydrogen) atoms. The monoisotopic (exact) mass is 346 g/mol. The summed E-state index contributed by atoms with van der Waals surface area (Å²) in [4.78, 5) is 26.0. The van der Waals surface area contributed by atoms with Gasteiger partial charge in [-0.15, -0.1) is 0 Å². The van der Waals surface area contributed by atoms with Crippen molar-refractivity contribution < 1.29 is 4.79 Å². The Hall–Kier alpha value is -2.95. The van der Waals surface area contributed by atoms with Crippen LogP contribution in [0.15, 0.2) is 54.7 Å². The highest BCUT2D eigenvalue weighted by atomic mass is 16.2. The number of aromatic nitrogens is 2. The van der Waals surface area contributed by atoms with Crippen LogP contribution in [0.1, 0.15) is 34.9 Å². The lowest BCUT2D eigenvalue weighted by Gasteiger charge is -2.25. The molecule has 0 saturated carbocycles. The molecule has 1 aromatic carbocycles. The first-order valence-electron chi connectivity index (χ1n) is 8.93. The van der Waals surface area contributed by atoms with Crippen molar-refractivity contribution in [3.63, 3.8) is 0 Å². The molecule has 2 aromatic heterocycles. The van der Waals surface area contributed by atoms with Crippen LogP contribution >= 0.6 is 0 Å². The summed E-state index contributed by atoms with van der Waals surface area (Å²) in [5.41, 5.74) is 2.50. The van der Waals surface area contributed by atoms with Crippen LogP contribution in [0, 0.1) is 0 Å². The van der Waals surface area contributed by atoms with Crippen molar-refractivity contribution in [1.29, 1.82) is 0 Å². The number of amides is 1. The lowest BCUT2D eigenvalue weighted by atomic mass is 10.1.